The maximum Gasteiger partial charge on any atom is 0.226 e. The Hall–Kier alpha value is -0.840. The fourth-order valence-corrected chi connectivity index (χ4v) is 1.90. The summed E-state index contributed by atoms with van der Waals surface area (Å²) in [5.74, 6) is 0.607. The second-order valence-corrected chi connectivity index (χ2v) is 4.81. The van der Waals surface area contributed by atoms with Gasteiger partial charge in [-0.3, -0.25) is 0 Å². The van der Waals surface area contributed by atoms with Crippen molar-refractivity contribution < 1.29 is 4.42 Å². The van der Waals surface area contributed by atoms with E-state index in [1.807, 2.05) is 18.2 Å². The van der Waals surface area contributed by atoms with Crippen LogP contribution in [0.4, 0.5) is 0 Å². The lowest BCUT2D eigenvalue weighted by Crippen LogP contribution is -2.11. The Bertz CT molecular complexity index is 513. The van der Waals surface area contributed by atoms with Crippen LogP contribution in [-0.2, 0) is 6.54 Å². The Balaban J connectivity index is 2.21. The minimum absolute atomic E-state index is 0.607. The van der Waals surface area contributed by atoms with E-state index in [4.69, 9.17) is 16.0 Å². The Morgan fingerprint density at radius 1 is 1.47 bits per heavy atom. The Kier molecular flexibility index (Phi) is 4.20. The predicted molar refractivity (Wildman–Crippen MR) is 72.0 cm³/mol. The molecule has 1 N–H and O–H groups in total. The third-order valence-electron chi connectivity index (χ3n) is 2.27. The molecular formula is C12H12BrClN2O. The smallest absolute Gasteiger partial charge is 0.226 e. The lowest BCUT2D eigenvalue weighted by Gasteiger charge is -1.98. The van der Waals surface area contributed by atoms with E-state index in [0.29, 0.717) is 10.9 Å². The zero-order chi connectivity index (χ0) is 12.3. The van der Waals surface area contributed by atoms with Gasteiger partial charge in [0.1, 0.15) is 6.26 Å². The van der Waals surface area contributed by atoms with Crippen LogP contribution in [0.3, 0.4) is 0 Å². The standard InChI is InChI=1S/C12H12BrClN2O/c1-2-15-6-9-7-17-12(16-9)8-3-4-11(14)10(13)5-8/h3-5,7,15H,2,6H2,1H3. The molecule has 0 unspecified atom stereocenters. The van der Waals surface area contributed by atoms with Gasteiger partial charge in [0.2, 0.25) is 5.89 Å². The summed E-state index contributed by atoms with van der Waals surface area (Å²) in [4.78, 5) is 4.40. The number of benzene rings is 1. The molecule has 1 aromatic heterocycles. The van der Waals surface area contributed by atoms with Gasteiger partial charge in [-0.1, -0.05) is 18.5 Å². The van der Waals surface area contributed by atoms with Gasteiger partial charge in [0.15, 0.2) is 0 Å². The van der Waals surface area contributed by atoms with Gasteiger partial charge in [-0.2, -0.15) is 0 Å². The van der Waals surface area contributed by atoms with Crippen LogP contribution in [0.15, 0.2) is 33.4 Å². The van der Waals surface area contributed by atoms with Crippen molar-refractivity contribution in [3.63, 3.8) is 0 Å². The van der Waals surface area contributed by atoms with E-state index in [2.05, 4.69) is 33.2 Å². The van der Waals surface area contributed by atoms with Crippen molar-refractivity contribution in [3.05, 3.63) is 39.7 Å². The summed E-state index contributed by atoms with van der Waals surface area (Å²) < 4.78 is 6.26. The summed E-state index contributed by atoms with van der Waals surface area (Å²) in [7, 11) is 0. The molecule has 0 fully saturated rings. The van der Waals surface area contributed by atoms with Gasteiger partial charge < -0.3 is 9.73 Å². The highest BCUT2D eigenvalue weighted by molar-refractivity contribution is 9.10. The van der Waals surface area contributed by atoms with E-state index in [-0.39, 0.29) is 0 Å². The van der Waals surface area contributed by atoms with Gasteiger partial charge in [-0.05, 0) is 40.7 Å². The van der Waals surface area contributed by atoms with Gasteiger partial charge in [0.05, 0.1) is 10.7 Å². The molecule has 17 heavy (non-hydrogen) atoms. The quantitative estimate of drug-likeness (QED) is 0.931. The van der Waals surface area contributed by atoms with E-state index < -0.39 is 0 Å². The maximum atomic E-state index is 5.93. The minimum atomic E-state index is 0.607. The van der Waals surface area contributed by atoms with Crippen molar-refractivity contribution in [2.24, 2.45) is 0 Å². The number of halogens is 2. The molecule has 2 aromatic rings. The second-order valence-electron chi connectivity index (χ2n) is 3.55. The van der Waals surface area contributed by atoms with Crippen LogP contribution in [0.5, 0.6) is 0 Å². The third-order valence-corrected chi connectivity index (χ3v) is 3.49. The molecule has 1 aromatic carbocycles. The first kappa shape index (κ1) is 12.6. The molecule has 0 saturated carbocycles. The first-order chi connectivity index (χ1) is 8.20. The largest absolute Gasteiger partial charge is 0.444 e. The van der Waals surface area contributed by atoms with Crippen LogP contribution in [-0.4, -0.2) is 11.5 Å². The van der Waals surface area contributed by atoms with E-state index in [9.17, 15) is 0 Å². The Morgan fingerprint density at radius 2 is 2.29 bits per heavy atom. The Labute approximate surface area is 113 Å². The molecule has 3 nitrogen and oxygen atoms in total. The Morgan fingerprint density at radius 3 is 3.00 bits per heavy atom. The van der Waals surface area contributed by atoms with Crippen LogP contribution in [0.1, 0.15) is 12.6 Å². The van der Waals surface area contributed by atoms with Crippen LogP contribution in [0, 0.1) is 0 Å². The highest BCUT2D eigenvalue weighted by atomic mass is 79.9. The molecule has 0 aliphatic heterocycles. The topological polar surface area (TPSA) is 38.1 Å². The fourth-order valence-electron chi connectivity index (χ4n) is 1.40. The molecular weight excluding hydrogens is 304 g/mol. The van der Waals surface area contributed by atoms with E-state index >= 15 is 0 Å². The third kappa shape index (κ3) is 3.09. The van der Waals surface area contributed by atoms with Crippen LogP contribution in [0.2, 0.25) is 5.02 Å². The zero-order valence-electron chi connectivity index (χ0n) is 9.34. The molecule has 0 bridgehead atoms. The highest BCUT2D eigenvalue weighted by Crippen LogP contribution is 2.28. The van der Waals surface area contributed by atoms with Crippen molar-refractivity contribution in [2.75, 3.05) is 6.54 Å². The average molecular weight is 316 g/mol. The molecule has 0 amide bonds. The SMILES string of the molecule is CCNCc1coc(-c2ccc(Cl)c(Br)c2)n1. The lowest BCUT2D eigenvalue weighted by molar-refractivity contribution is 0.570. The van der Waals surface area contributed by atoms with Gasteiger partial charge >= 0.3 is 0 Å². The molecule has 2 rings (SSSR count). The van der Waals surface area contributed by atoms with Crippen molar-refractivity contribution in [1.82, 2.24) is 10.3 Å². The number of rotatable bonds is 4. The number of hydrogen-bond acceptors (Lipinski definition) is 3. The van der Waals surface area contributed by atoms with Crippen molar-refractivity contribution in [1.29, 1.82) is 0 Å². The van der Waals surface area contributed by atoms with E-state index in [0.717, 1.165) is 28.8 Å². The monoisotopic (exact) mass is 314 g/mol. The molecule has 5 heteroatoms. The summed E-state index contributed by atoms with van der Waals surface area (Å²) in [5, 5.41) is 3.87. The molecule has 0 aliphatic rings. The normalized spacial score (nSPS) is 10.8. The van der Waals surface area contributed by atoms with E-state index in [1.165, 1.54) is 0 Å². The van der Waals surface area contributed by atoms with Crippen molar-refractivity contribution >= 4 is 27.5 Å². The zero-order valence-corrected chi connectivity index (χ0v) is 11.7. The number of aromatic nitrogens is 1. The number of nitrogens with one attached hydrogen (secondary N) is 1. The van der Waals surface area contributed by atoms with Gasteiger partial charge in [0, 0.05) is 16.6 Å². The molecule has 90 valence electrons. The lowest BCUT2D eigenvalue weighted by atomic mass is 10.2. The number of nitrogens with zero attached hydrogens (tertiary/aromatic N) is 1. The fraction of sp³-hybridized carbons (Fsp3) is 0.250. The van der Waals surface area contributed by atoms with Crippen molar-refractivity contribution in [2.45, 2.75) is 13.5 Å². The van der Waals surface area contributed by atoms with E-state index in [1.54, 1.807) is 6.26 Å². The van der Waals surface area contributed by atoms with Gasteiger partial charge in [-0.25, -0.2) is 4.98 Å². The minimum Gasteiger partial charge on any atom is -0.444 e. The summed E-state index contributed by atoms with van der Waals surface area (Å²) in [6.07, 6.45) is 1.67. The van der Waals surface area contributed by atoms with Gasteiger partial charge in [-0.15, -0.1) is 0 Å². The average Bonchev–Trinajstić information content (AvgIpc) is 2.79. The maximum absolute atomic E-state index is 5.93. The van der Waals surface area contributed by atoms with Crippen molar-refractivity contribution in [3.8, 4) is 11.5 Å². The molecule has 1 heterocycles. The second kappa shape index (κ2) is 5.67. The first-order valence-corrected chi connectivity index (χ1v) is 6.48. The molecule has 0 spiro atoms. The highest BCUT2D eigenvalue weighted by Gasteiger charge is 2.08. The van der Waals surface area contributed by atoms with Crippen LogP contribution >= 0.6 is 27.5 Å². The first-order valence-electron chi connectivity index (χ1n) is 5.31. The summed E-state index contributed by atoms with van der Waals surface area (Å²) in [5.41, 5.74) is 1.80. The van der Waals surface area contributed by atoms with Crippen LogP contribution < -0.4 is 5.32 Å². The summed E-state index contributed by atoms with van der Waals surface area (Å²) in [6.45, 7) is 3.68. The molecule has 0 aliphatic carbocycles. The van der Waals surface area contributed by atoms with Gasteiger partial charge in [0.25, 0.3) is 0 Å². The predicted octanol–water partition coefficient (Wildman–Crippen LogP) is 3.87. The number of oxazole rings is 1. The molecule has 0 saturated heterocycles. The molecule has 0 radical (unpaired) electrons. The van der Waals surface area contributed by atoms with Crippen LogP contribution in [0.25, 0.3) is 11.5 Å². The molecule has 0 atom stereocenters. The number of hydrogen-bond donors (Lipinski definition) is 1. The summed E-state index contributed by atoms with van der Waals surface area (Å²) in [6, 6.07) is 5.59. The summed E-state index contributed by atoms with van der Waals surface area (Å²) >= 11 is 9.31.